The van der Waals surface area contributed by atoms with Crippen LogP contribution < -0.4 is 0 Å². The van der Waals surface area contributed by atoms with Gasteiger partial charge in [-0.05, 0) is 23.4 Å². The summed E-state index contributed by atoms with van der Waals surface area (Å²) in [6.07, 6.45) is 0. The second-order valence-electron chi connectivity index (χ2n) is 4.04. The molecule has 1 heterocycles. The number of rotatable bonds is 2. The highest BCUT2D eigenvalue weighted by Crippen LogP contribution is 2.19. The lowest BCUT2D eigenvalue weighted by atomic mass is 10.2. The van der Waals surface area contributed by atoms with Gasteiger partial charge in [0.25, 0.3) is 0 Å². The zero-order chi connectivity index (χ0) is 13.9. The Kier molecular flexibility index (Phi) is 3.15. The summed E-state index contributed by atoms with van der Waals surface area (Å²) < 4.78 is 0. The molecule has 20 heavy (non-hydrogen) atoms. The largest absolute Gasteiger partial charge is 0.205 e. The highest BCUT2D eigenvalue weighted by Gasteiger charge is 2.08. The molecule has 0 radical (unpaired) electrons. The fraction of sp³-hybridized carbons (Fsp3) is 0. The van der Waals surface area contributed by atoms with Crippen molar-refractivity contribution in [1.82, 2.24) is 20.2 Å². The number of tetrazole rings is 1. The average Bonchev–Trinajstić information content (AvgIpc) is 2.98. The lowest BCUT2D eigenvalue weighted by Gasteiger charge is -2.00. The van der Waals surface area contributed by atoms with Crippen LogP contribution in [0.4, 0.5) is 0 Å². The molecule has 5 nitrogen and oxygen atoms in total. The van der Waals surface area contributed by atoms with Gasteiger partial charge in [0.15, 0.2) is 0 Å². The molecule has 6 heteroatoms. The summed E-state index contributed by atoms with van der Waals surface area (Å²) in [6, 6.07) is 16.6. The van der Waals surface area contributed by atoms with E-state index in [1.807, 2.05) is 36.4 Å². The molecule has 3 aromatic rings. The lowest BCUT2D eigenvalue weighted by Crippen LogP contribution is -1.99. The third kappa shape index (κ3) is 2.25. The molecule has 0 saturated carbocycles. The quantitative estimate of drug-likeness (QED) is 0.724. The number of hydrogen-bond acceptors (Lipinski definition) is 4. The molecule has 0 bridgehead atoms. The van der Waals surface area contributed by atoms with E-state index in [-0.39, 0.29) is 0 Å². The number of aromatic nitrogens is 4. The molecule has 0 spiro atoms. The van der Waals surface area contributed by atoms with Crippen LogP contribution in [0.25, 0.3) is 17.1 Å². The second kappa shape index (κ2) is 5.11. The van der Waals surface area contributed by atoms with Gasteiger partial charge in [0.1, 0.15) is 6.07 Å². The van der Waals surface area contributed by atoms with Crippen molar-refractivity contribution in [3.05, 3.63) is 59.1 Å². The first-order valence-corrected chi connectivity index (χ1v) is 6.21. The van der Waals surface area contributed by atoms with Crippen molar-refractivity contribution in [3.63, 3.8) is 0 Å². The Morgan fingerprint density at radius 3 is 2.60 bits per heavy atom. The van der Waals surface area contributed by atoms with Gasteiger partial charge in [0.2, 0.25) is 5.82 Å². The van der Waals surface area contributed by atoms with Crippen molar-refractivity contribution in [2.75, 3.05) is 0 Å². The second-order valence-corrected chi connectivity index (χ2v) is 4.45. The Bertz CT molecular complexity index is 789. The molecule has 0 aliphatic rings. The first-order chi connectivity index (χ1) is 9.78. The van der Waals surface area contributed by atoms with Crippen LogP contribution in [0.5, 0.6) is 0 Å². The minimum atomic E-state index is 0.364. The number of nitriles is 1. The van der Waals surface area contributed by atoms with E-state index >= 15 is 0 Å². The third-order valence-electron chi connectivity index (χ3n) is 2.75. The van der Waals surface area contributed by atoms with Gasteiger partial charge in [-0.25, -0.2) is 0 Å². The van der Waals surface area contributed by atoms with E-state index in [1.54, 1.807) is 18.2 Å². The summed E-state index contributed by atoms with van der Waals surface area (Å²) in [7, 11) is 0. The van der Waals surface area contributed by atoms with Crippen LogP contribution in [0.3, 0.4) is 0 Å². The minimum Gasteiger partial charge on any atom is -0.192 e. The van der Waals surface area contributed by atoms with Gasteiger partial charge in [-0.1, -0.05) is 41.9 Å². The summed E-state index contributed by atoms with van der Waals surface area (Å²) in [5, 5.41) is 21.5. The molecule has 3 rings (SSSR count). The maximum Gasteiger partial charge on any atom is 0.205 e. The van der Waals surface area contributed by atoms with E-state index in [1.165, 1.54) is 4.80 Å². The molecule has 0 aliphatic heterocycles. The molecule has 1 aromatic heterocycles. The van der Waals surface area contributed by atoms with Crippen LogP contribution in [0.15, 0.2) is 48.5 Å². The van der Waals surface area contributed by atoms with Crippen molar-refractivity contribution in [1.29, 1.82) is 5.26 Å². The molecule has 0 fully saturated rings. The topological polar surface area (TPSA) is 67.4 Å². The van der Waals surface area contributed by atoms with E-state index in [9.17, 15) is 0 Å². The predicted octanol–water partition coefficient (Wildman–Crippen LogP) is 2.85. The SMILES string of the molecule is N#Cc1ccc(-n2nnc(-c3ccccc3)n2)cc1Cl. The van der Waals surface area contributed by atoms with E-state index in [0.29, 0.717) is 22.1 Å². The van der Waals surface area contributed by atoms with E-state index in [4.69, 9.17) is 16.9 Å². The summed E-state index contributed by atoms with van der Waals surface area (Å²) in [6.45, 7) is 0. The molecule has 0 amide bonds. The lowest BCUT2D eigenvalue weighted by molar-refractivity contribution is 0.720. The number of halogens is 1. The van der Waals surface area contributed by atoms with Crippen LogP contribution in [0.1, 0.15) is 5.56 Å². The first-order valence-electron chi connectivity index (χ1n) is 5.83. The van der Waals surface area contributed by atoms with Gasteiger partial charge in [-0.2, -0.15) is 5.26 Å². The molecule has 0 atom stereocenters. The van der Waals surface area contributed by atoms with Crippen LogP contribution in [0, 0.1) is 11.3 Å². The van der Waals surface area contributed by atoms with Gasteiger partial charge >= 0.3 is 0 Å². The smallest absolute Gasteiger partial charge is 0.192 e. The Balaban J connectivity index is 1.99. The van der Waals surface area contributed by atoms with Crippen LogP contribution in [0.2, 0.25) is 5.02 Å². The van der Waals surface area contributed by atoms with Crippen LogP contribution in [-0.2, 0) is 0 Å². The normalized spacial score (nSPS) is 10.2. The van der Waals surface area contributed by atoms with E-state index in [0.717, 1.165) is 5.56 Å². The monoisotopic (exact) mass is 281 g/mol. The summed E-state index contributed by atoms with van der Waals surface area (Å²) in [4.78, 5) is 1.38. The summed E-state index contributed by atoms with van der Waals surface area (Å²) in [5.41, 5.74) is 1.96. The molecular weight excluding hydrogens is 274 g/mol. The zero-order valence-corrected chi connectivity index (χ0v) is 11.0. The maximum atomic E-state index is 8.85. The average molecular weight is 282 g/mol. The van der Waals surface area contributed by atoms with E-state index < -0.39 is 0 Å². The number of benzene rings is 2. The fourth-order valence-electron chi connectivity index (χ4n) is 1.75. The standard InChI is InChI=1S/C14H8ClN5/c15-13-8-12(7-6-11(13)9-16)20-18-14(17-19-20)10-4-2-1-3-5-10/h1-8H. The number of hydrogen-bond donors (Lipinski definition) is 0. The van der Waals surface area contributed by atoms with Crippen LogP contribution in [-0.4, -0.2) is 20.2 Å². The predicted molar refractivity (Wildman–Crippen MR) is 74.3 cm³/mol. The van der Waals surface area contributed by atoms with Gasteiger partial charge in [0.05, 0.1) is 16.3 Å². The van der Waals surface area contributed by atoms with Crippen molar-refractivity contribution >= 4 is 11.6 Å². The zero-order valence-electron chi connectivity index (χ0n) is 10.2. The molecule has 0 saturated heterocycles. The molecular formula is C14H8ClN5. The molecule has 96 valence electrons. The van der Waals surface area contributed by atoms with E-state index in [2.05, 4.69) is 15.4 Å². The van der Waals surface area contributed by atoms with Gasteiger partial charge < -0.3 is 0 Å². The first kappa shape index (κ1) is 12.3. The van der Waals surface area contributed by atoms with Crippen LogP contribution >= 0.6 is 11.6 Å². The maximum absolute atomic E-state index is 8.85. The summed E-state index contributed by atoms with van der Waals surface area (Å²) in [5.74, 6) is 0.533. The van der Waals surface area contributed by atoms with Crippen molar-refractivity contribution < 1.29 is 0 Å². The Morgan fingerprint density at radius 1 is 1.10 bits per heavy atom. The summed E-state index contributed by atoms with van der Waals surface area (Å²) >= 11 is 5.99. The van der Waals surface area contributed by atoms with Crippen molar-refractivity contribution in [3.8, 4) is 23.1 Å². The minimum absolute atomic E-state index is 0.364. The Hall–Kier alpha value is -2.71. The molecule has 0 aliphatic carbocycles. The van der Waals surface area contributed by atoms with Gasteiger partial charge in [0, 0.05) is 5.56 Å². The highest BCUT2D eigenvalue weighted by atomic mass is 35.5. The highest BCUT2D eigenvalue weighted by molar-refractivity contribution is 6.31. The fourth-order valence-corrected chi connectivity index (χ4v) is 1.96. The molecule has 2 aromatic carbocycles. The Labute approximate surface area is 120 Å². The number of nitrogens with zero attached hydrogens (tertiary/aromatic N) is 5. The molecule has 0 unspecified atom stereocenters. The Morgan fingerprint density at radius 2 is 1.90 bits per heavy atom. The van der Waals surface area contributed by atoms with Crippen molar-refractivity contribution in [2.24, 2.45) is 0 Å². The van der Waals surface area contributed by atoms with Gasteiger partial charge in [-0.15, -0.1) is 15.0 Å². The van der Waals surface area contributed by atoms with Crippen molar-refractivity contribution in [2.45, 2.75) is 0 Å². The third-order valence-corrected chi connectivity index (χ3v) is 3.06. The van der Waals surface area contributed by atoms with Gasteiger partial charge in [-0.3, -0.25) is 0 Å². The molecule has 0 N–H and O–H groups in total.